The normalized spacial score (nSPS) is 17.8. The summed E-state index contributed by atoms with van der Waals surface area (Å²) in [6.07, 6.45) is 2.80. The monoisotopic (exact) mass is 355 g/mol. The van der Waals surface area contributed by atoms with Crippen molar-refractivity contribution in [1.82, 2.24) is 10.3 Å². The Kier molecular flexibility index (Phi) is 5.73. The van der Waals surface area contributed by atoms with Crippen molar-refractivity contribution in [2.75, 3.05) is 0 Å². The molecule has 1 aromatic carbocycles. The lowest BCUT2D eigenvalue weighted by Crippen LogP contribution is -2.40. The summed E-state index contributed by atoms with van der Waals surface area (Å²) in [5, 5.41) is 3.86. The molecule has 3 rings (SSSR count). The van der Waals surface area contributed by atoms with E-state index in [0.717, 1.165) is 40.4 Å². The maximum absolute atomic E-state index is 13.0. The minimum Gasteiger partial charge on any atom is -0.347 e. The summed E-state index contributed by atoms with van der Waals surface area (Å²) < 4.78 is 13.0. The highest BCUT2D eigenvalue weighted by molar-refractivity contribution is 7.15. The predicted molar refractivity (Wildman–Crippen MR) is 92.2 cm³/mol. The number of nitrogens with zero attached hydrogens (tertiary/aromatic N) is 1. The Morgan fingerprint density at radius 1 is 1.43 bits per heavy atom. The van der Waals surface area contributed by atoms with Crippen LogP contribution in [0.3, 0.4) is 0 Å². The Bertz CT molecular complexity index is 687. The third-order valence-electron chi connectivity index (χ3n) is 3.77. The van der Waals surface area contributed by atoms with Gasteiger partial charge in [0, 0.05) is 5.56 Å². The number of carbonyl (C=O) groups excluding carboxylic acids is 1. The maximum Gasteiger partial charge on any atom is 0.237 e. The highest BCUT2D eigenvalue weighted by Crippen LogP contribution is 2.37. The topological polar surface area (TPSA) is 68.0 Å². The number of carbonyl (C=O) groups is 1. The van der Waals surface area contributed by atoms with Crippen LogP contribution in [0.15, 0.2) is 24.3 Å². The molecule has 1 aromatic heterocycles. The molecule has 1 amide bonds. The molecule has 1 aliphatic carbocycles. The molecule has 2 aromatic rings. The molecule has 0 bridgehead atoms. The summed E-state index contributed by atoms with van der Waals surface area (Å²) in [5.41, 5.74) is 7.56. The number of aryl methyl sites for hydroxylation is 1. The largest absolute Gasteiger partial charge is 0.347 e. The Labute approximate surface area is 144 Å². The van der Waals surface area contributed by atoms with Crippen LogP contribution in [-0.4, -0.2) is 16.9 Å². The number of hydrogen-bond donors (Lipinski definition) is 2. The van der Waals surface area contributed by atoms with Gasteiger partial charge in [-0.05, 0) is 50.5 Å². The zero-order valence-corrected chi connectivity index (χ0v) is 14.3. The van der Waals surface area contributed by atoms with E-state index in [4.69, 9.17) is 5.73 Å². The second-order valence-electron chi connectivity index (χ2n) is 5.58. The lowest BCUT2D eigenvalue weighted by Gasteiger charge is -2.23. The van der Waals surface area contributed by atoms with Gasteiger partial charge < -0.3 is 11.1 Å². The van der Waals surface area contributed by atoms with Crippen LogP contribution >= 0.6 is 23.7 Å². The number of fused-ring (bicyclic) bond motifs is 1. The Morgan fingerprint density at radius 2 is 2.13 bits per heavy atom. The van der Waals surface area contributed by atoms with Crippen molar-refractivity contribution in [3.05, 3.63) is 40.7 Å². The van der Waals surface area contributed by atoms with Crippen LogP contribution in [0.4, 0.5) is 4.39 Å². The first-order valence-electron chi connectivity index (χ1n) is 7.36. The maximum atomic E-state index is 13.0. The SMILES string of the molecule is C[C@@H](N)C(=O)NC1CCCc2nc(-c3ccc(F)cc3)sc21.Cl. The minimum absolute atomic E-state index is 0. The van der Waals surface area contributed by atoms with E-state index in [1.165, 1.54) is 12.1 Å². The number of halogens is 2. The molecule has 0 spiro atoms. The first-order valence-corrected chi connectivity index (χ1v) is 8.17. The van der Waals surface area contributed by atoms with E-state index in [2.05, 4.69) is 10.3 Å². The molecule has 0 aliphatic heterocycles. The first-order chi connectivity index (χ1) is 10.5. The van der Waals surface area contributed by atoms with Gasteiger partial charge in [0.15, 0.2) is 0 Å². The summed E-state index contributed by atoms with van der Waals surface area (Å²) in [7, 11) is 0. The number of nitrogens with two attached hydrogens (primary N) is 1. The third kappa shape index (κ3) is 3.88. The predicted octanol–water partition coefficient (Wildman–Crippen LogP) is 3.21. The number of thiazole rings is 1. The van der Waals surface area contributed by atoms with Gasteiger partial charge in [0.2, 0.25) is 5.91 Å². The van der Waals surface area contributed by atoms with Gasteiger partial charge in [0.05, 0.1) is 22.7 Å². The lowest BCUT2D eigenvalue weighted by atomic mass is 9.98. The molecule has 0 saturated carbocycles. The molecular weight excluding hydrogens is 337 g/mol. The van der Waals surface area contributed by atoms with Crippen LogP contribution < -0.4 is 11.1 Å². The quantitative estimate of drug-likeness (QED) is 0.888. The first kappa shape index (κ1) is 17.8. The molecule has 1 unspecified atom stereocenters. The molecule has 7 heteroatoms. The zero-order chi connectivity index (χ0) is 15.7. The molecule has 0 radical (unpaired) electrons. The van der Waals surface area contributed by atoms with E-state index in [1.807, 2.05) is 0 Å². The van der Waals surface area contributed by atoms with Gasteiger partial charge in [-0.3, -0.25) is 4.79 Å². The van der Waals surface area contributed by atoms with Crippen molar-refractivity contribution >= 4 is 29.7 Å². The fraction of sp³-hybridized carbons (Fsp3) is 0.375. The van der Waals surface area contributed by atoms with Gasteiger partial charge in [-0.15, -0.1) is 23.7 Å². The summed E-state index contributed by atoms with van der Waals surface area (Å²) in [5.74, 6) is -0.401. The van der Waals surface area contributed by atoms with Crippen molar-refractivity contribution in [1.29, 1.82) is 0 Å². The smallest absolute Gasteiger partial charge is 0.237 e. The third-order valence-corrected chi connectivity index (χ3v) is 5.03. The number of hydrogen-bond acceptors (Lipinski definition) is 4. The van der Waals surface area contributed by atoms with E-state index < -0.39 is 6.04 Å². The van der Waals surface area contributed by atoms with Crippen molar-refractivity contribution in [3.63, 3.8) is 0 Å². The van der Waals surface area contributed by atoms with Crippen molar-refractivity contribution < 1.29 is 9.18 Å². The van der Waals surface area contributed by atoms with E-state index in [1.54, 1.807) is 30.4 Å². The second-order valence-corrected chi connectivity index (χ2v) is 6.61. The average Bonchev–Trinajstić information content (AvgIpc) is 2.93. The molecule has 1 heterocycles. The summed E-state index contributed by atoms with van der Waals surface area (Å²) >= 11 is 1.57. The fourth-order valence-electron chi connectivity index (χ4n) is 2.58. The number of nitrogens with one attached hydrogen (secondary N) is 1. The molecule has 0 fully saturated rings. The number of rotatable bonds is 3. The van der Waals surface area contributed by atoms with Crippen molar-refractivity contribution in [2.24, 2.45) is 5.73 Å². The molecule has 124 valence electrons. The second kappa shape index (κ2) is 7.38. The van der Waals surface area contributed by atoms with Crippen molar-refractivity contribution in [3.8, 4) is 10.6 Å². The fourth-order valence-corrected chi connectivity index (χ4v) is 3.78. The van der Waals surface area contributed by atoms with Gasteiger partial charge in [-0.1, -0.05) is 0 Å². The number of amides is 1. The van der Waals surface area contributed by atoms with Crippen LogP contribution in [0, 0.1) is 5.82 Å². The van der Waals surface area contributed by atoms with Crippen LogP contribution in [0.5, 0.6) is 0 Å². The molecule has 23 heavy (non-hydrogen) atoms. The summed E-state index contributed by atoms with van der Waals surface area (Å²) in [6, 6.07) is 5.80. The summed E-state index contributed by atoms with van der Waals surface area (Å²) in [6.45, 7) is 1.68. The zero-order valence-electron chi connectivity index (χ0n) is 12.7. The Morgan fingerprint density at radius 3 is 2.78 bits per heavy atom. The van der Waals surface area contributed by atoms with Crippen molar-refractivity contribution in [2.45, 2.75) is 38.3 Å². The van der Waals surface area contributed by atoms with Gasteiger partial charge >= 0.3 is 0 Å². The van der Waals surface area contributed by atoms with Gasteiger partial charge in [0.25, 0.3) is 0 Å². The number of aromatic nitrogens is 1. The van der Waals surface area contributed by atoms with Crippen LogP contribution in [0.1, 0.15) is 36.4 Å². The van der Waals surface area contributed by atoms with E-state index in [-0.39, 0.29) is 30.2 Å². The van der Waals surface area contributed by atoms with Crippen LogP contribution in [0.25, 0.3) is 10.6 Å². The average molecular weight is 356 g/mol. The van der Waals surface area contributed by atoms with Gasteiger partial charge in [0.1, 0.15) is 10.8 Å². The van der Waals surface area contributed by atoms with E-state index >= 15 is 0 Å². The molecule has 1 aliphatic rings. The minimum atomic E-state index is -0.519. The summed E-state index contributed by atoms with van der Waals surface area (Å²) in [4.78, 5) is 17.6. The number of benzene rings is 1. The van der Waals surface area contributed by atoms with Gasteiger partial charge in [-0.2, -0.15) is 0 Å². The van der Waals surface area contributed by atoms with E-state index in [0.29, 0.717) is 0 Å². The Balaban J connectivity index is 0.00000192. The highest BCUT2D eigenvalue weighted by atomic mass is 35.5. The van der Waals surface area contributed by atoms with E-state index in [9.17, 15) is 9.18 Å². The van der Waals surface area contributed by atoms with Gasteiger partial charge in [-0.25, -0.2) is 9.37 Å². The standard InChI is InChI=1S/C16H18FN3OS.ClH/c1-9(18)15(21)19-12-3-2-4-13-14(12)22-16(20-13)10-5-7-11(17)8-6-10;/h5-9,12H,2-4,18H2,1H3,(H,19,21);1H/t9-,12?;/m1./s1. The Hall–Kier alpha value is -1.50. The molecule has 3 N–H and O–H groups in total. The lowest BCUT2D eigenvalue weighted by molar-refractivity contribution is -0.122. The van der Waals surface area contributed by atoms with Crippen LogP contribution in [0.2, 0.25) is 0 Å². The molecule has 4 nitrogen and oxygen atoms in total. The molecule has 0 saturated heterocycles. The highest BCUT2D eigenvalue weighted by Gasteiger charge is 2.26. The molecule has 2 atom stereocenters. The van der Waals surface area contributed by atoms with Crippen LogP contribution in [-0.2, 0) is 11.2 Å². The molecular formula is C16H19ClFN3OS.